The minimum absolute atomic E-state index is 0.00675. The van der Waals surface area contributed by atoms with Crippen LogP contribution < -0.4 is 15.0 Å². The predicted octanol–water partition coefficient (Wildman–Crippen LogP) is 5.34. The van der Waals surface area contributed by atoms with E-state index in [-0.39, 0.29) is 40.1 Å². The Kier molecular flexibility index (Phi) is 7.44. The Labute approximate surface area is 227 Å². The molecule has 0 aliphatic heterocycles. The fraction of sp³-hybridized carbons (Fsp3) is 0.259. The van der Waals surface area contributed by atoms with E-state index in [9.17, 15) is 25.0 Å². The summed E-state index contributed by atoms with van der Waals surface area (Å²) in [5.41, 5.74) is -0.155. The highest BCUT2D eigenvalue weighted by Crippen LogP contribution is 2.40. The van der Waals surface area contributed by atoms with Gasteiger partial charge in [0.05, 0.1) is 34.1 Å². The maximum Gasteiger partial charge on any atom is 0.316 e. The standard InChI is InChI=1S/C27H24N6O7/c1-39-23-14-17(13-22(33(37)38)25(23)40-24-12-11-19(16-28-24)32(35)36)15-29-31-26(18-7-3-2-4-8-18)30-21-10-6-5-9-20(21)27(31)34/h5-6,9-16,18H,2-4,7-8H2,1H3. The summed E-state index contributed by atoms with van der Waals surface area (Å²) in [5, 5.41) is 27.7. The van der Waals surface area contributed by atoms with Gasteiger partial charge >= 0.3 is 5.69 Å². The van der Waals surface area contributed by atoms with Crippen molar-refractivity contribution in [3.63, 3.8) is 0 Å². The Balaban J connectivity index is 1.56. The Morgan fingerprint density at radius 1 is 1.05 bits per heavy atom. The van der Waals surface area contributed by atoms with E-state index in [2.05, 4.69) is 10.1 Å². The third-order valence-corrected chi connectivity index (χ3v) is 6.68. The second-order valence-electron chi connectivity index (χ2n) is 9.23. The molecule has 4 aromatic rings. The van der Waals surface area contributed by atoms with Crippen LogP contribution in [0.4, 0.5) is 11.4 Å². The van der Waals surface area contributed by atoms with E-state index in [0.29, 0.717) is 16.7 Å². The zero-order chi connectivity index (χ0) is 28.2. The lowest BCUT2D eigenvalue weighted by Crippen LogP contribution is -2.25. The zero-order valence-corrected chi connectivity index (χ0v) is 21.4. The molecule has 13 heteroatoms. The number of fused-ring (bicyclic) bond motifs is 1. The molecule has 0 bridgehead atoms. The van der Waals surface area contributed by atoms with Crippen LogP contribution in [0.25, 0.3) is 10.9 Å². The summed E-state index contributed by atoms with van der Waals surface area (Å²) in [6.07, 6.45) is 7.30. The zero-order valence-electron chi connectivity index (χ0n) is 21.4. The van der Waals surface area contributed by atoms with Gasteiger partial charge in [-0.1, -0.05) is 31.4 Å². The van der Waals surface area contributed by atoms with Crippen LogP contribution >= 0.6 is 0 Å². The minimum Gasteiger partial charge on any atom is -0.493 e. The van der Waals surface area contributed by atoms with Crippen LogP contribution in [0.5, 0.6) is 17.4 Å². The van der Waals surface area contributed by atoms with Crippen molar-refractivity contribution in [2.45, 2.75) is 38.0 Å². The lowest BCUT2D eigenvalue weighted by atomic mass is 9.88. The lowest BCUT2D eigenvalue weighted by Gasteiger charge is -2.22. The van der Waals surface area contributed by atoms with E-state index in [4.69, 9.17) is 14.5 Å². The summed E-state index contributed by atoms with van der Waals surface area (Å²) in [6.45, 7) is 0. The third kappa shape index (κ3) is 5.34. The van der Waals surface area contributed by atoms with Gasteiger partial charge in [0, 0.05) is 29.7 Å². The number of nitrogens with zero attached hydrogens (tertiary/aromatic N) is 6. The number of hydrogen-bond donors (Lipinski definition) is 0. The fourth-order valence-corrected chi connectivity index (χ4v) is 4.72. The van der Waals surface area contributed by atoms with Crippen LogP contribution in [0.1, 0.15) is 49.4 Å². The number of aromatic nitrogens is 3. The van der Waals surface area contributed by atoms with Crippen molar-refractivity contribution in [2.75, 3.05) is 7.11 Å². The van der Waals surface area contributed by atoms with Crippen LogP contribution in [0.2, 0.25) is 0 Å². The lowest BCUT2D eigenvalue weighted by molar-refractivity contribution is -0.385. The van der Waals surface area contributed by atoms with Crippen LogP contribution in [0.15, 0.2) is 64.6 Å². The summed E-state index contributed by atoms with van der Waals surface area (Å²) in [7, 11) is 1.31. The molecule has 0 saturated heterocycles. The second-order valence-corrected chi connectivity index (χ2v) is 9.23. The average Bonchev–Trinajstić information content (AvgIpc) is 2.97. The van der Waals surface area contributed by atoms with Gasteiger partial charge < -0.3 is 9.47 Å². The molecule has 204 valence electrons. The quantitative estimate of drug-likeness (QED) is 0.162. The average molecular weight is 545 g/mol. The van der Waals surface area contributed by atoms with Crippen molar-refractivity contribution in [1.29, 1.82) is 0 Å². The highest BCUT2D eigenvalue weighted by atomic mass is 16.6. The van der Waals surface area contributed by atoms with Crippen molar-refractivity contribution in [3.05, 3.63) is 96.7 Å². The van der Waals surface area contributed by atoms with Crippen LogP contribution in [0, 0.1) is 20.2 Å². The largest absolute Gasteiger partial charge is 0.493 e. The molecule has 5 rings (SSSR count). The van der Waals surface area contributed by atoms with Crippen LogP contribution in [-0.4, -0.2) is 37.8 Å². The van der Waals surface area contributed by atoms with Gasteiger partial charge in [0.1, 0.15) is 12.0 Å². The Bertz CT molecular complexity index is 1680. The molecule has 0 amide bonds. The maximum atomic E-state index is 13.4. The number of para-hydroxylation sites is 1. The molecule has 13 nitrogen and oxygen atoms in total. The van der Waals surface area contributed by atoms with E-state index in [1.165, 1.54) is 42.3 Å². The number of nitro groups is 2. The summed E-state index contributed by atoms with van der Waals surface area (Å²) in [4.78, 5) is 43.6. The number of nitro benzene ring substituents is 1. The molecular formula is C27H24N6O7. The predicted molar refractivity (Wildman–Crippen MR) is 145 cm³/mol. The molecule has 2 heterocycles. The van der Waals surface area contributed by atoms with Gasteiger partial charge in [0.15, 0.2) is 5.75 Å². The molecular weight excluding hydrogens is 520 g/mol. The number of rotatable bonds is 8. The Morgan fingerprint density at radius 2 is 1.82 bits per heavy atom. The number of methoxy groups -OCH3 is 1. The number of benzene rings is 2. The first-order valence-electron chi connectivity index (χ1n) is 12.6. The SMILES string of the molecule is COc1cc(C=Nn2c(C3CCCCC3)nc3ccccc3c2=O)cc([N+](=O)[O-])c1Oc1ccc([N+](=O)[O-])cn1. The fourth-order valence-electron chi connectivity index (χ4n) is 4.72. The molecule has 0 atom stereocenters. The number of ether oxygens (including phenoxy) is 2. The smallest absolute Gasteiger partial charge is 0.316 e. The van der Waals surface area contributed by atoms with Crippen molar-refractivity contribution < 1.29 is 19.3 Å². The van der Waals surface area contributed by atoms with Gasteiger partial charge in [-0.3, -0.25) is 25.0 Å². The van der Waals surface area contributed by atoms with E-state index < -0.39 is 15.5 Å². The first kappa shape index (κ1) is 26.4. The van der Waals surface area contributed by atoms with Gasteiger partial charge in [-0.15, -0.1) is 0 Å². The highest BCUT2D eigenvalue weighted by Gasteiger charge is 2.25. The van der Waals surface area contributed by atoms with Crippen molar-refractivity contribution in [3.8, 4) is 17.4 Å². The summed E-state index contributed by atoms with van der Waals surface area (Å²) < 4.78 is 12.2. The van der Waals surface area contributed by atoms with E-state index in [1.807, 2.05) is 6.07 Å². The Morgan fingerprint density at radius 3 is 2.50 bits per heavy atom. The Hall–Kier alpha value is -5.20. The topological polar surface area (TPSA) is 165 Å². The van der Waals surface area contributed by atoms with Crippen molar-refractivity contribution >= 4 is 28.5 Å². The molecule has 0 radical (unpaired) electrons. The van der Waals surface area contributed by atoms with Gasteiger partial charge in [-0.05, 0) is 31.0 Å². The highest BCUT2D eigenvalue weighted by molar-refractivity contribution is 5.83. The molecule has 0 unspecified atom stereocenters. The molecule has 0 spiro atoms. The molecule has 2 aromatic heterocycles. The third-order valence-electron chi connectivity index (χ3n) is 6.68. The van der Waals surface area contributed by atoms with Gasteiger partial charge in [-0.25, -0.2) is 9.97 Å². The summed E-state index contributed by atoms with van der Waals surface area (Å²) in [6, 6.07) is 12.2. The van der Waals surface area contributed by atoms with Crippen molar-refractivity contribution in [2.24, 2.45) is 5.10 Å². The molecule has 1 aliphatic rings. The van der Waals surface area contributed by atoms with Crippen LogP contribution in [-0.2, 0) is 0 Å². The van der Waals surface area contributed by atoms with E-state index >= 15 is 0 Å². The first-order chi connectivity index (χ1) is 19.4. The molecule has 1 fully saturated rings. The maximum absolute atomic E-state index is 13.4. The second kappa shape index (κ2) is 11.3. The summed E-state index contributed by atoms with van der Waals surface area (Å²) in [5.74, 6) is 0.299. The molecule has 0 N–H and O–H groups in total. The normalized spacial score (nSPS) is 13.9. The minimum atomic E-state index is -0.655. The van der Waals surface area contributed by atoms with Gasteiger partial charge in [0.2, 0.25) is 11.6 Å². The number of hydrogen-bond acceptors (Lipinski definition) is 10. The molecule has 1 aliphatic carbocycles. The molecule has 1 saturated carbocycles. The van der Waals surface area contributed by atoms with E-state index in [0.717, 1.165) is 38.3 Å². The van der Waals surface area contributed by atoms with Crippen molar-refractivity contribution in [1.82, 2.24) is 14.6 Å². The van der Waals surface area contributed by atoms with Gasteiger partial charge in [0.25, 0.3) is 11.2 Å². The first-order valence-corrected chi connectivity index (χ1v) is 12.6. The monoisotopic (exact) mass is 544 g/mol. The van der Waals surface area contributed by atoms with E-state index in [1.54, 1.807) is 18.2 Å². The molecule has 40 heavy (non-hydrogen) atoms. The van der Waals surface area contributed by atoms with Crippen LogP contribution in [0.3, 0.4) is 0 Å². The summed E-state index contributed by atoms with van der Waals surface area (Å²) >= 11 is 0. The number of pyridine rings is 1. The molecule has 2 aromatic carbocycles. The van der Waals surface area contributed by atoms with Gasteiger partial charge in [-0.2, -0.15) is 9.78 Å².